The predicted octanol–water partition coefficient (Wildman–Crippen LogP) is 1.30. The van der Waals surface area contributed by atoms with Gasteiger partial charge in [-0.05, 0) is 44.5 Å². The fourth-order valence-electron chi connectivity index (χ4n) is 3.20. The minimum atomic E-state index is -0.891. The molecule has 2 aromatic rings. The first kappa shape index (κ1) is 19.5. The van der Waals surface area contributed by atoms with Crippen LogP contribution < -0.4 is 10.6 Å². The number of piperidine rings is 1. The van der Waals surface area contributed by atoms with Crippen LogP contribution in [0.15, 0.2) is 24.3 Å². The number of hydrogen-bond donors (Lipinski definition) is 2. The van der Waals surface area contributed by atoms with E-state index in [2.05, 4.69) is 15.7 Å². The van der Waals surface area contributed by atoms with Crippen LogP contribution in [-0.4, -0.2) is 52.0 Å². The molecule has 148 valence electrons. The second-order valence-electron chi connectivity index (χ2n) is 6.94. The molecule has 1 aromatic carbocycles. The van der Waals surface area contributed by atoms with Crippen molar-refractivity contribution in [1.82, 2.24) is 20.0 Å². The Bertz CT molecular complexity index is 940. The van der Waals surface area contributed by atoms with Crippen LogP contribution in [0.1, 0.15) is 24.2 Å². The lowest BCUT2D eigenvalue weighted by atomic mass is 10.1. The highest BCUT2D eigenvalue weighted by Crippen LogP contribution is 2.20. The molecule has 28 heavy (non-hydrogen) atoms. The van der Waals surface area contributed by atoms with E-state index in [9.17, 15) is 18.8 Å². The number of rotatable bonds is 3. The third kappa shape index (κ3) is 4.19. The molecule has 0 saturated carbocycles. The van der Waals surface area contributed by atoms with Crippen molar-refractivity contribution in [2.24, 2.45) is 0 Å². The Balaban J connectivity index is 1.64. The molecule has 2 N–H and O–H groups in total. The van der Waals surface area contributed by atoms with Gasteiger partial charge in [0.05, 0.1) is 5.69 Å². The fraction of sp³-hybridized carbons (Fsp3) is 0.368. The minimum absolute atomic E-state index is 0.00753. The zero-order chi connectivity index (χ0) is 20.4. The van der Waals surface area contributed by atoms with Crippen LogP contribution in [0.25, 0.3) is 5.69 Å². The molecule has 1 aliphatic rings. The van der Waals surface area contributed by atoms with E-state index in [0.717, 1.165) is 17.5 Å². The summed E-state index contributed by atoms with van der Waals surface area (Å²) in [4.78, 5) is 37.2. The molecule has 0 radical (unpaired) electrons. The number of nitrogens with zero attached hydrogens (tertiary/aromatic N) is 3. The number of likely N-dealkylation sites (tertiary alicyclic amines) is 1. The molecular weight excluding hydrogens is 365 g/mol. The minimum Gasteiger partial charge on any atom is -0.344 e. The molecule has 0 spiro atoms. The Labute approximate surface area is 161 Å². The van der Waals surface area contributed by atoms with Crippen molar-refractivity contribution in [2.75, 3.05) is 18.9 Å². The topological polar surface area (TPSA) is 96.3 Å². The highest BCUT2D eigenvalue weighted by Gasteiger charge is 2.26. The number of halogens is 1. The van der Waals surface area contributed by atoms with Crippen LogP contribution in [0, 0.1) is 19.7 Å². The number of amides is 3. The van der Waals surface area contributed by atoms with Crippen molar-refractivity contribution in [3.63, 3.8) is 0 Å². The standard InChI is InChI=1S/C19H22FN5O3/c1-11-8-12(2)25(23-11)16-6-4-13(9-15(16)20)21-18(27)19(28)22-14-5-7-17(26)24(3)10-14/h4,6,8-9,14H,5,7,10H2,1-3H3,(H,21,27)(H,22,28). The van der Waals surface area contributed by atoms with Crippen molar-refractivity contribution in [1.29, 1.82) is 0 Å². The summed E-state index contributed by atoms with van der Waals surface area (Å²) in [5, 5.41) is 9.22. The summed E-state index contributed by atoms with van der Waals surface area (Å²) in [5.74, 6) is -2.28. The number of likely N-dealkylation sites (N-methyl/N-ethyl adjacent to an activating group) is 1. The number of nitrogens with one attached hydrogen (secondary N) is 2. The van der Waals surface area contributed by atoms with Crippen LogP contribution in [0.2, 0.25) is 0 Å². The number of carbonyl (C=O) groups is 3. The molecule has 2 heterocycles. The molecule has 1 aromatic heterocycles. The molecule has 1 fully saturated rings. The lowest BCUT2D eigenvalue weighted by Crippen LogP contribution is -2.50. The molecule has 3 amide bonds. The Morgan fingerprint density at radius 2 is 1.96 bits per heavy atom. The first-order valence-corrected chi connectivity index (χ1v) is 8.93. The quantitative estimate of drug-likeness (QED) is 0.776. The maximum atomic E-state index is 14.5. The number of anilines is 1. The normalized spacial score (nSPS) is 16.8. The van der Waals surface area contributed by atoms with E-state index in [0.29, 0.717) is 19.4 Å². The van der Waals surface area contributed by atoms with Gasteiger partial charge in [-0.25, -0.2) is 9.07 Å². The van der Waals surface area contributed by atoms with Gasteiger partial charge in [0.25, 0.3) is 0 Å². The highest BCUT2D eigenvalue weighted by atomic mass is 19.1. The summed E-state index contributed by atoms with van der Waals surface area (Å²) >= 11 is 0. The van der Waals surface area contributed by atoms with Crippen molar-refractivity contribution in [3.8, 4) is 5.69 Å². The van der Waals surface area contributed by atoms with Gasteiger partial charge in [0.1, 0.15) is 5.69 Å². The Morgan fingerprint density at radius 1 is 1.21 bits per heavy atom. The van der Waals surface area contributed by atoms with Gasteiger partial charge in [-0.3, -0.25) is 14.4 Å². The largest absolute Gasteiger partial charge is 0.344 e. The number of hydrogen-bond acceptors (Lipinski definition) is 4. The van der Waals surface area contributed by atoms with Gasteiger partial charge in [-0.1, -0.05) is 0 Å². The number of benzene rings is 1. The van der Waals surface area contributed by atoms with Gasteiger partial charge >= 0.3 is 11.8 Å². The van der Waals surface area contributed by atoms with E-state index < -0.39 is 17.6 Å². The fourth-order valence-corrected chi connectivity index (χ4v) is 3.20. The Morgan fingerprint density at radius 3 is 2.57 bits per heavy atom. The zero-order valence-electron chi connectivity index (χ0n) is 16.0. The summed E-state index contributed by atoms with van der Waals surface area (Å²) in [6.07, 6.45) is 0.802. The average Bonchev–Trinajstić information content (AvgIpc) is 2.96. The predicted molar refractivity (Wildman–Crippen MR) is 100 cm³/mol. The third-order valence-corrected chi connectivity index (χ3v) is 4.61. The number of carbonyl (C=O) groups excluding carboxylic acids is 3. The first-order chi connectivity index (χ1) is 13.2. The molecule has 1 unspecified atom stereocenters. The maximum absolute atomic E-state index is 14.5. The molecule has 0 aliphatic carbocycles. The van der Waals surface area contributed by atoms with E-state index in [1.54, 1.807) is 7.05 Å². The van der Waals surface area contributed by atoms with E-state index >= 15 is 0 Å². The highest BCUT2D eigenvalue weighted by molar-refractivity contribution is 6.39. The maximum Gasteiger partial charge on any atom is 0.313 e. The lowest BCUT2D eigenvalue weighted by molar-refractivity contribution is -0.138. The van der Waals surface area contributed by atoms with Crippen LogP contribution >= 0.6 is 0 Å². The molecule has 9 heteroatoms. The molecule has 0 bridgehead atoms. The van der Waals surface area contributed by atoms with Gasteiger partial charge in [0.15, 0.2) is 5.82 Å². The second kappa shape index (κ2) is 7.79. The van der Waals surface area contributed by atoms with E-state index in [1.807, 2.05) is 19.9 Å². The summed E-state index contributed by atoms with van der Waals surface area (Å²) in [6, 6.07) is 5.68. The molecule has 1 atom stereocenters. The van der Waals surface area contributed by atoms with Crippen LogP contribution in [0.4, 0.5) is 10.1 Å². The third-order valence-electron chi connectivity index (χ3n) is 4.61. The SMILES string of the molecule is Cc1cc(C)n(-c2ccc(NC(=O)C(=O)NC3CCC(=O)N(C)C3)cc2F)n1. The van der Waals surface area contributed by atoms with E-state index in [4.69, 9.17) is 0 Å². The van der Waals surface area contributed by atoms with Gasteiger partial charge in [-0.15, -0.1) is 0 Å². The first-order valence-electron chi connectivity index (χ1n) is 8.93. The van der Waals surface area contributed by atoms with Crippen molar-refractivity contribution >= 4 is 23.4 Å². The zero-order valence-corrected chi connectivity index (χ0v) is 16.0. The second-order valence-corrected chi connectivity index (χ2v) is 6.94. The van der Waals surface area contributed by atoms with Gasteiger partial charge in [-0.2, -0.15) is 5.10 Å². The Hall–Kier alpha value is -3.23. The summed E-state index contributed by atoms with van der Waals surface area (Å²) in [6.45, 7) is 3.98. The smallest absolute Gasteiger partial charge is 0.313 e. The molecule has 1 aliphatic heterocycles. The molecule has 8 nitrogen and oxygen atoms in total. The van der Waals surface area contributed by atoms with Crippen LogP contribution in [0.5, 0.6) is 0 Å². The van der Waals surface area contributed by atoms with Crippen LogP contribution in [-0.2, 0) is 14.4 Å². The molecule has 3 rings (SSSR count). The van der Waals surface area contributed by atoms with Crippen molar-refractivity contribution in [2.45, 2.75) is 32.7 Å². The number of aryl methyl sites for hydroxylation is 2. The molecule has 1 saturated heterocycles. The van der Waals surface area contributed by atoms with Gasteiger partial charge in [0.2, 0.25) is 5.91 Å². The van der Waals surface area contributed by atoms with E-state index in [1.165, 1.54) is 21.7 Å². The van der Waals surface area contributed by atoms with Crippen LogP contribution in [0.3, 0.4) is 0 Å². The number of aromatic nitrogens is 2. The Kier molecular flexibility index (Phi) is 5.43. The van der Waals surface area contributed by atoms with Gasteiger partial charge in [0, 0.05) is 37.4 Å². The summed E-state index contributed by atoms with van der Waals surface area (Å²) < 4.78 is 16.0. The molecular formula is C19H22FN5O3. The van der Waals surface area contributed by atoms with E-state index in [-0.39, 0.29) is 23.3 Å². The average molecular weight is 387 g/mol. The summed E-state index contributed by atoms with van der Waals surface area (Å²) in [7, 11) is 1.65. The van der Waals surface area contributed by atoms with Crippen molar-refractivity contribution in [3.05, 3.63) is 41.5 Å². The van der Waals surface area contributed by atoms with Gasteiger partial charge < -0.3 is 15.5 Å². The summed E-state index contributed by atoms with van der Waals surface area (Å²) in [5.41, 5.74) is 1.96. The van der Waals surface area contributed by atoms with Crippen molar-refractivity contribution < 1.29 is 18.8 Å². The monoisotopic (exact) mass is 387 g/mol. The lowest BCUT2D eigenvalue weighted by Gasteiger charge is -2.29.